The zero-order valence-corrected chi connectivity index (χ0v) is 11.0. The number of rotatable bonds is 5. The fraction of sp³-hybridized carbons (Fsp3) is 0.500. The highest BCUT2D eigenvalue weighted by Crippen LogP contribution is 2.25. The number of nitrogens with zero attached hydrogens (tertiary/aromatic N) is 1. The van der Waals surface area contributed by atoms with Crippen molar-refractivity contribution in [3.8, 4) is 0 Å². The van der Waals surface area contributed by atoms with E-state index in [9.17, 15) is 9.90 Å². The van der Waals surface area contributed by atoms with Crippen molar-refractivity contribution in [3.63, 3.8) is 0 Å². The molecule has 17 heavy (non-hydrogen) atoms. The van der Waals surface area contributed by atoms with Gasteiger partial charge in [-0.1, -0.05) is 19.1 Å². The molecule has 0 aliphatic heterocycles. The number of carbonyl (C=O) groups is 1. The molecule has 3 heteroatoms. The molecule has 0 saturated carbocycles. The largest absolute Gasteiger partial charge is 0.481 e. The molecule has 1 unspecified atom stereocenters. The Morgan fingerprint density at radius 3 is 2.59 bits per heavy atom. The summed E-state index contributed by atoms with van der Waals surface area (Å²) in [7, 11) is 1.94. The first-order chi connectivity index (χ1) is 7.89. The van der Waals surface area contributed by atoms with Gasteiger partial charge in [0, 0.05) is 19.3 Å². The first-order valence-corrected chi connectivity index (χ1v) is 5.90. The van der Waals surface area contributed by atoms with E-state index < -0.39 is 11.4 Å². The van der Waals surface area contributed by atoms with Crippen LogP contribution in [0.3, 0.4) is 0 Å². The van der Waals surface area contributed by atoms with Crippen LogP contribution >= 0.6 is 0 Å². The lowest BCUT2D eigenvalue weighted by Crippen LogP contribution is -2.39. The monoisotopic (exact) mass is 235 g/mol. The Kier molecular flexibility index (Phi) is 4.16. The number of hydrogen-bond donors (Lipinski definition) is 1. The lowest BCUT2D eigenvalue weighted by atomic mass is 9.87. The highest BCUT2D eigenvalue weighted by atomic mass is 16.4. The predicted molar refractivity (Wildman–Crippen MR) is 70.5 cm³/mol. The van der Waals surface area contributed by atoms with E-state index in [-0.39, 0.29) is 0 Å². The molecule has 0 spiro atoms. The average molecular weight is 235 g/mol. The van der Waals surface area contributed by atoms with Crippen LogP contribution in [0.15, 0.2) is 24.3 Å². The number of aliphatic carboxylic acids is 1. The molecule has 3 nitrogen and oxygen atoms in total. The van der Waals surface area contributed by atoms with Crippen LogP contribution in [0.5, 0.6) is 0 Å². The van der Waals surface area contributed by atoms with Gasteiger partial charge in [0.15, 0.2) is 0 Å². The number of hydrogen-bond acceptors (Lipinski definition) is 2. The van der Waals surface area contributed by atoms with E-state index in [0.717, 1.165) is 5.69 Å². The molecule has 0 heterocycles. The molecule has 0 aromatic heterocycles. The first kappa shape index (κ1) is 13.6. The molecule has 0 aliphatic carbocycles. The summed E-state index contributed by atoms with van der Waals surface area (Å²) in [5.41, 5.74) is 1.55. The average Bonchev–Trinajstić information content (AvgIpc) is 2.28. The van der Waals surface area contributed by atoms with Crippen molar-refractivity contribution in [2.75, 3.05) is 18.5 Å². The summed E-state index contributed by atoms with van der Waals surface area (Å²) < 4.78 is 0. The normalized spacial score (nSPS) is 14.1. The van der Waals surface area contributed by atoms with E-state index in [1.807, 2.05) is 44.0 Å². The van der Waals surface area contributed by atoms with Gasteiger partial charge in [-0.25, -0.2) is 0 Å². The zero-order valence-electron chi connectivity index (χ0n) is 11.0. The van der Waals surface area contributed by atoms with Crippen molar-refractivity contribution < 1.29 is 9.90 Å². The third-order valence-electron chi connectivity index (χ3n) is 3.33. The van der Waals surface area contributed by atoms with E-state index in [4.69, 9.17) is 0 Å². The van der Waals surface area contributed by atoms with Crippen LogP contribution in [0, 0.1) is 12.3 Å². The van der Waals surface area contributed by atoms with Crippen LogP contribution in [-0.2, 0) is 4.79 Å². The maximum atomic E-state index is 11.3. The third-order valence-corrected chi connectivity index (χ3v) is 3.33. The predicted octanol–water partition coefficient (Wildman–Crippen LogP) is 2.93. The molecule has 1 aromatic carbocycles. The Morgan fingerprint density at radius 1 is 1.47 bits per heavy atom. The van der Waals surface area contributed by atoms with Gasteiger partial charge in [-0.15, -0.1) is 0 Å². The Hall–Kier alpha value is -1.51. The summed E-state index contributed by atoms with van der Waals surface area (Å²) >= 11 is 0. The number of aryl methyl sites for hydroxylation is 1. The zero-order chi connectivity index (χ0) is 13.1. The minimum Gasteiger partial charge on any atom is -0.481 e. The Labute approximate surface area is 103 Å². The molecule has 1 N–H and O–H groups in total. The summed E-state index contributed by atoms with van der Waals surface area (Å²) in [6.07, 6.45) is 0.624. The van der Waals surface area contributed by atoms with Crippen LogP contribution in [0.25, 0.3) is 0 Å². The summed E-state index contributed by atoms with van der Waals surface area (Å²) in [6.45, 7) is 6.26. The van der Waals surface area contributed by atoms with E-state index in [0.29, 0.717) is 13.0 Å². The smallest absolute Gasteiger partial charge is 0.311 e. The molecule has 0 radical (unpaired) electrons. The van der Waals surface area contributed by atoms with Crippen molar-refractivity contribution in [1.29, 1.82) is 0 Å². The van der Waals surface area contributed by atoms with Gasteiger partial charge < -0.3 is 10.0 Å². The van der Waals surface area contributed by atoms with E-state index in [1.165, 1.54) is 5.56 Å². The van der Waals surface area contributed by atoms with Crippen molar-refractivity contribution in [2.45, 2.75) is 27.2 Å². The van der Waals surface area contributed by atoms with Crippen LogP contribution < -0.4 is 4.90 Å². The van der Waals surface area contributed by atoms with E-state index in [2.05, 4.69) is 6.07 Å². The molecule has 94 valence electrons. The highest BCUT2D eigenvalue weighted by Gasteiger charge is 2.32. The van der Waals surface area contributed by atoms with Gasteiger partial charge >= 0.3 is 5.97 Å². The minimum absolute atomic E-state index is 0.516. The van der Waals surface area contributed by atoms with Gasteiger partial charge in [-0.2, -0.15) is 0 Å². The van der Waals surface area contributed by atoms with E-state index in [1.54, 1.807) is 6.92 Å². The fourth-order valence-electron chi connectivity index (χ4n) is 1.81. The molecule has 0 fully saturated rings. The number of anilines is 1. The maximum Gasteiger partial charge on any atom is 0.311 e. The maximum absolute atomic E-state index is 11.3. The summed E-state index contributed by atoms with van der Waals surface area (Å²) in [5, 5.41) is 9.26. The second-order valence-corrected chi connectivity index (χ2v) is 4.91. The van der Waals surface area contributed by atoms with Gasteiger partial charge in [-0.3, -0.25) is 4.79 Å². The van der Waals surface area contributed by atoms with Crippen LogP contribution in [0.2, 0.25) is 0 Å². The second kappa shape index (κ2) is 5.21. The number of benzene rings is 1. The van der Waals surface area contributed by atoms with Gasteiger partial charge in [0.05, 0.1) is 5.41 Å². The van der Waals surface area contributed by atoms with Gasteiger partial charge in [0.1, 0.15) is 0 Å². The fourth-order valence-corrected chi connectivity index (χ4v) is 1.81. The number of carboxylic acids is 1. The standard InChI is InChI=1S/C14H21NO2/c1-5-14(3,13(16)17)10-15(4)12-8-6-7-11(2)9-12/h6-9H,5,10H2,1-4H3,(H,16,17). The molecule has 1 aromatic rings. The van der Waals surface area contributed by atoms with Crippen LogP contribution in [0.1, 0.15) is 25.8 Å². The second-order valence-electron chi connectivity index (χ2n) is 4.91. The SMILES string of the molecule is CCC(C)(CN(C)c1cccc(C)c1)C(=O)O. The molecular formula is C14H21NO2. The lowest BCUT2D eigenvalue weighted by Gasteiger charge is -2.30. The minimum atomic E-state index is -0.737. The van der Waals surface area contributed by atoms with Gasteiger partial charge in [-0.05, 0) is 38.0 Å². The summed E-state index contributed by atoms with van der Waals surface area (Å²) in [5.74, 6) is -0.737. The molecule has 1 atom stereocenters. The Bertz CT molecular complexity index is 403. The van der Waals surface area contributed by atoms with Gasteiger partial charge in [0.25, 0.3) is 0 Å². The highest BCUT2D eigenvalue weighted by molar-refractivity contribution is 5.75. The summed E-state index contributed by atoms with van der Waals surface area (Å²) in [6, 6.07) is 8.10. The van der Waals surface area contributed by atoms with Crippen molar-refractivity contribution >= 4 is 11.7 Å². The van der Waals surface area contributed by atoms with Crippen molar-refractivity contribution in [1.82, 2.24) is 0 Å². The molecule has 0 amide bonds. The first-order valence-electron chi connectivity index (χ1n) is 5.90. The number of carboxylic acid groups (broad SMARTS) is 1. The molecule has 0 aliphatic rings. The summed E-state index contributed by atoms with van der Waals surface area (Å²) in [4.78, 5) is 13.3. The quantitative estimate of drug-likeness (QED) is 0.853. The van der Waals surface area contributed by atoms with Crippen LogP contribution in [-0.4, -0.2) is 24.7 Å². The molecule has 0 saturated heterocycles. The van der Waals surface area contributed by atoms with Crippen LogP contribution in [0.4, 0.5) is 5.69 Å². The van der Waals surface area contributed by atoms with E-state index >= 15 is 0 Å². The Balaban J connectivity index is 2.85. The molecule has 1 rings (SSSR count). The third kappa shape index (κ3) is 3.22. The lowest BCUT2D eigenvalue weighted by molar-refractivity contribution is -0.147. The van der Waals surface area contributed by atoms with Gasteiger partial charge in [0.2, 0.25) is 0 Å². The molecular weight excluding hydrogens is 214 g/mol. The molecule has 0 bridgehead atoms. The van der Waals surface area contributed by atoms with Crippen molar-refractivity contribution in [2.24, 2.45) is 5.41 Å². The van der Waals surface area contributed by atoms with Crippen molar-refractivity contribution in [3.05, 3.63) is 29.8 Å². The Morgan fingerprint density at radius 2 is 2.12 bits per heavy atom. The topological polar surface area (TPSA) is 40.5 Å².